The first kappa shape index (κ1) is 16.2. The van der Waals surface area contributed by atoms with Crippen LogP contribution in [0.2, 0.25) is 0 Å². The van der Waals surface area contributed by atoms with Crippen LogP contribution in [0.25, 0.3) is 0 Å². The Morgan fingerprint density at radius 2 is 2.10 bits per heavy atom. The molecule has 21 heavy (non-hydrogen) atoms. The molecule has 3 nitrogen and oxygen atoms in total. The molecular weight excluding hydrogens is 298 g/mol. The van der Waals surface area contributed by atoms with Gasteiger partial charge in [0.1, 0.15) is 11.6 Å². The standard InChI is InChI=1S/C15H18F2N2O.ClH/c16-9-3-4-10(13(17)5-9)11-6-12(11)15(20)19-14(7-18)8-1-2-8;/h3-5,8,11-12,14H,1-2,6-7,18H2,(H,19,20);1H. The second-order valence-corrected chi connectivity index (χ2v) is 5.80. The van der Waals surface area contributed by atoms with E-state index in [0.29, 0.717) is 24.4 Å². The van der Waals surface area contributed by atoms with E-state index in [1.54, 1.807) is 0 Å². The number of halogens is 3. The zero-order valence-electron chi connectivity index (χ0n) is 11.5. The van der Waals surface area contributed by atoms with Crippen LogP contribution in [0.5, 0.6) is 0 Å². The van der Waals surface area contributed by atoms with Crippen LogP contribution in [0.15, 0.2) is 18.2 Å². The zero-order chi connectivity index (χ0) is 14.3. The van der Waals surface area contributed by atoms with E-state index in [4.69, 9.17) is 5.73 Å². The number of carbonyl (C=O) groups is 1. The van der Waals surface area contributed by atoms with Crippen LogP contribution >= 0.6 is 12.4 Å². The summed E-state index contributed by atoms with van der Waals surface area (Å²) >= 11 is 0. The van der Waals surface area contributed by atoms with E-state index in [0.717, 1.165) is 18.9 Å². The average molecular weight is 317 g/mol. The molecule has 0 radical (unpaired) electrons. The van der Waals surface area contributed by atoms with Crippen LogP contribution in [0, 0.1) is 23.5 Å². The molecule has 116 valence electrons. The summed E-state index contributed by atoms with van der Waals surface area (Å²) in [6.45, 7) is 0.443. The second-order valence-electron chi connectivity index (χ2n) is 5.80. The molecule has 3 atom stereocenters. The fraction of sp³-hybridized carbons (Fsp3) is 0.533. The molecule has 0 aliphatic heterocycles. The van der Waals surface area contributed by atoms with E-state index in [1.165, 1.54) is 12.1 Å². The second kappa shape index (κ2) is 6.28. The van der Waals surface area contributed by atoms with E-state index in [-0.39, 0.29) is 36.2 Å². The average Bonchev–Trinajstić information content (AvgIpc) is 3.26. The van der Waals surface area contributed by atoms with Gasteiger partial charge in [-0.15, -0.1) is 12.4 Å². The van der Waals surface area contributed by atoms with Crippen molar-refractivity contribution in [3.8, 4) is 0 Å². The number of nitrogens with one attached hydrogen (secondary N) is 1. The summed E-state index contributed by atoms with van der Waals surface area (Å²) in [5.74, 6) is -1.05. The quantitative estimate of drug-likeness (QED) is 0.876. The minimum absolute atomic E-state index is 0. The summed E-state index contributed by atoms with van der Waals surface area (Å²) in [7, 11) is 0. The lowest BCUT2D eigenvalue weighted by atomic mass is 10.1. The van der Waals surface area contributed by atoms with E-state index < -0.39 is 11.6 Å². The van der Waals surface area contributed by atoms with Crippen molar-refractivity contribution >= 4 is 18.3 Å². The van der Waals surface area contributed by atoms with Gasteiger partial charge in [-0.2, -0.15) is 0 Å². The smallest absolute Gasteiger partial charge is 0.224 e. The van der Waals surface area contributed by atoms with Gasteiger partial charge in [0, 0.05) is 24.6 Å². The highest BCUT2D eigenvalue weighted by molar-refractivity contribution is 5.85. The van der Waals surface area contributed by atoms with E-state index in [2.05, 4.69) is 5.32 Å². The molecule has 1 aromatic carbocycles. The fourth-order valence-corrected chi connectivity index (χ4v) is 2.79. The highest BCUT2D eigenvalue weighted by Gasteiger charge is 2.46. The highest BCUT2D eigenvalue weighted by atomic mass is 35.5. The molecular formula is C15H19ClF2N2O. The molecule has 2 saturated carbocycles. The Hall–Kier alpha value is -1.20. The van der Waals surface area contributed by atoms with Gasteiger partial charge in [-0.3, -0.25) is 4.79 Å². The summed E-state index contributed by atoms with van der Waals surface area (Å²) in [5.41, 5.74) is 6.09. The molecule has 2 aliphatic carbocycles. The molecule has 1 aromatic rings. The molecule has 0 saturated heterocycles. The number of carbonyl (C=O) groups excluding carboxylic acids is 1. The van der Waals surface area contributed by atoms with Gasteiger partial charge in [0.25, 0.3) is 0 Å². The summed E-state index contributed by atoms with van der Waals surface area (Å²) in [6.07, 6.45) is 2.85. The number of nitrogens with two attached hydrogens (primary N) is 1. The SMILES string of the molecule is Cl.NCC(NC(=O)C1CC1c1ccc(F)cc1F)C1CC1. The van der Waals surface area contributed by atoms with Crippen molar-refractivity contribution in [2.24, 2.45) is 17.6 Å². The van der Waals surface area contributed by atoms with Crippen LogP contribution in [-0.4, -0.2) is 18.5 Å². The fourth-order valence-electron chi connectivity index (χ4n) is 2.79. The Morgan fingerprint density at radius 1 is 1.38 bits per heavy atom. The molecule has 2 fully saturated rings. The first-order valence-electron chi connectivity index (χ1n) is 7.05. The van der Waals surface area contributed by atoms with Crippen LogP contribution in [0.4, 0.5) is 8.78 Å². The molecule has 0 spiro atoms. The van der Waals surface area contributed by atoms with Gasteiger partial charge in [0.2, 0.25) is 5.91 Å². The summed E-state index contributed by atoms with van der Waals surface area (Å²) in [5, 5.41) is 2.96. The molecule has 0 aromatic heterocycles. The number of amides is 1. The minimum atomic E-state index is -0.593. The molecule has 3 unspecified atom stereocenters. The molecule has 2 aliphatic rings. The third kappa shape index (κ3) is 3.52. The molecule has 3 rings (SSSR count). The molecule has 0 bridgehead atoms. The van der Waals surface area contributed by atoms with Crippen molar-refractivity contribution in [2.75, 3.05) is 6.54 Å². The normalized spacial score (nSPS) is 24.9. The van der Waals surface area contributed by atoms with Gasteiger partial charge in [-0.05, 0) is 42.7 Å². The Labute approximate surface area is 128 Å². The van der Waals surface area contributed by atoms with Crippen LogP contribution in [0.3, 0.4) is 0 Å². The maximum Gasteiger partial charge on any atom is 0.224 e. The predicted molar refractivity (Wildman–Crippen MR) is 78.2 cm³/mol. The predicted octanol–water partition coefficient (Wildman–Crippen LogP) is 2.34. The van der Waals surface area contributed by atoms with Gasteiger partial charge in [0.05, 0.1) is 0 Å². The van der Waals surface area contributed by atoms with Crippen molar-refractivity contribution < 1.29 is 13.6 Å². The number of benzene rings is 1. The Morgan fingerprint density at radius 3 is 2.67 bits per heavy atom. The van der Waals surface area contributed by atoms with Crippen LogP contribution < -0.4 is 11.1 Å². The first-order valence-corrected chi connectivity index (χ1v) is 7.05. The molecule has 1 amide bonds. The Balaban J connectivity index is 0.00000161. The Kier molecular flexibility index (Phi) is 4.84. The van der Waals surface area contributed by atoms with Crippen molar-refractivity contribution in [3.05, 3.63) is 35.4 Å². The summed E-state index contributed by atoms with van der Waals surface area (Å²) in [6, 6.07) is 3.58. The van der Waals surface area contributed by atoms with E-state index in [1.807, 2.05) is 0 Å². The number of rotatable bonds is 5. The zero-order valence-corrected chi connectivity index (χ0v) is 12.3. The lowest BCUT2D eigenvalue weighted by molar-refractivity contribution is -0.123. The van der Waals surface area contributed by atoms with Gasteiger partial charge < -0.3 is 11.1 Å². The van der Waals surface area contributed by atoms with E-state index in [9.17, 15) is 13.6 Å². The Bertz CT molecular complexity index is 536. The topological polar surface area (TPSA) is 55.1 Å². The number of hydrogen-bond donors (Lipinski definition) is 2. The summed E-state index contributed by atoms with van der Waals surface area (Å²) in [4.78, 5) is 12.1. The maximum absolute atomic E-state index is 13.7. The van der Waals surface area contributed by atoms with Gasteiger partial charge in [0.15, 0.2) is 0 Å². The third-order valence-corrected chi connectivity index (χ3v) is 4.26. The van der Waals surface area contributed by atoms with Crippen LogP contribution in [-0.2, 0) is 4.79 Å². The molecule has 6 heteroatoms. The minimum Gasteiger partial charge on any atom is -0.352 e. The van der Waals surface area contributed by atoms with Crippen molar-refractivity contribution in [3.63, 3.8) is 0 Å². The van der Waals surface area contributed by atoms with Gasteiger partial charge in [-0.25, -0.2) is 8.78 Å². The summed E-state index contributed by atoms with van der Waals surface area (Å²) < 4.78 is 26.5. The van der Waals surface area contributed by atoms with Crippen molar-refractivity contribution in [1.82, 2.24) is 5.32 Å². The largest absolute Gasteiger partial charge is 0.352 e. The third-order valence-electron chi connectivity index (χ3n) is 4.26. The molecule has 3 N–H and O–H groups in total. The first-order chi connectivity index (χ1) is 9.60. The van der Waals surface area contributed by atoms with Crippen LogP contribution in [0.1, 0.15) is 30.7 Å². The number of hydrogen-bond acceptors (Lipinski definition) is 2. The lowest BCUT2D eigenvalue weighted by Crippen LogP contribution is -2.42. The highest BCUT2D eigenvalue weighted by Crippen LogP contribution is 2.48. The van der Waals surface area contributed by atoms with Gasteiger partial charge >= 0.3 is 0 Å². The maximum atomic E-state index is 13.7. The monoisotopic (exact) mass is 316 g/mol. The van der Waals surface area contributed by atoms with Gasteiger partial charge in [-0.1, -0.05) is 6.07 Å². The lowest BCUT2D eigenvalue weighted by Gasteiger charge is -2.16. The van der Waals surface area contributed by atoms with Crippen molar-refractivity contribution in [1.29, 1.82) is 0 Å². The van der Waals surface area contributed by atoms with Crippen molar-refractivity contribution in [2.45, 2.75) is 31.2 Å². The van der Waals surface area contributed by atoms with E-state index >= 15 is 0 Å². The molecule has 0 heterocycles.